The molecule has 0 aromatic carbocycles. The number of hydrogen-bond donors (Lipinski definition) is 2. The molecule has 2 aromatic rings. The first-order valence-electron chi connectivity index (χ1n) is 11.5. The second kappa shape index (κ2) is 10.0. The van der Waals surface area contributed by atoms with Crippen LogP contribution < -0.4 is 21.1 Å². The molecule has 4 rings (SSSR count). The molecule has 0 radical (unpaired) electrons. The standard InChI is InChI=1S/C22H24F5N7O3/c23-21(24)9-12(21)10-37-20-32-18(15(35)3-6-22(25,26)27)31-19(33-20)34-7-4-11(5-8-34)14-2-1-13(28)16(30-14)17(29)36/h1-2,11-12H,3-10,28H2,(H2,29,36)/t12-/m1/s1. The number of nitrogens with two attached hydrogens (primary N) is 2. The summed E-state index contributed by atoms with van der Waals surface area (Å²) in [5.74, 6) is -6.19. The van der Waals surface area contributed by atoms with Gasteiger partial charge in [0.05, 0.1) is 18.0 Å². The molecule has 0 unspecified atom stereocenters. The number of aromatic nitrogens is 4. The van der Waals surface area contributed by atoms with Crippen molar-refractivity contribution in [3.05, 3.63) is 29.3 Å². The molecule has 1 aliphatic heterocycles. The fourth-order valence-electron chi connectivity index (χ4n) is 3.95. The van der Waals surface area contributed by atoms with Crippen LogP contribution >= 0.6 is 0 Å². The van der Waals surface area contributed by atoms with Gasteiger partial charge in [-0.1, -0.05) is 0 Å². The lowest BCUT2D eigenvalue weighted by atomic mass is 9.93. The van der Waals surface area contributed by atoms with Gasteiger partial charge in [0.15, 0.2) is 5.69 Å². The van der Waals surface area contributed by atoms with Crippen molar-refractivity contribution < 1.29 is 36.3 Å². The smallest absolute Gasteiger partial charge is 0.389 e. The van der Waals surface area contributed by atoms with Gasteiger partial charge in [0.1, 0.15) is 6.61 Å². The minimum absolute atomic E-state index is 0.00976. The van der Waals surface area contributed by atoms with Crippen LogP contribution in [0.25, 0.3) is 0 Å². The summed E-state index contributed by atoms with van der Waals surface area (Å²) in [7, 11) is 0. The van der Waals surface area contributed by atoms with Gasteiger partial charge in [-0.25, -0.2) is 13.8 Å². The molecule has 10 nitrogen and oxygen atoms in total. The van der Waals surface area contributed by atoms with E-state index >= 15 is 0 Å². The molecule has 2 aromatic heterocycles. The van der Waals surface area contributed by atoms with Gasteiger partial charge in [-0.15, -0.1) is 0 Å². The molecule has 1 atom stereocenters. The number of pyridine rings is 1. The zero-order chi connectivity index (χ0) is 27.0. The van der Waals surface area contributed by atoms with Crippen molar-refractivity contribution in [3.8, 4) is 6.01 Å². The Kier molecular flexibility index (Phi) is 7.15. The van der Waals surface area contributed by atoms with Gasteiger partial charge in [0, 0.05) is 37.5 Å². The van der Waals surface area contributed by atoms with Crippen LogP contribution in [-0.4, -0.2) is 63.4 Å². The Labute approximate surface area is 207 Å². The van der Waals surface area contributed by atoms with Crippen LogP contribution in [-0.2, 0) is 0 Å². The van der Waals surface area contributed by atoms with Gasteiger partial charge in [-0.3, -0.25) is 9.59 Å². The van der Waals surface area contributed by atoms with Crippen molar-refractivity contribution in [2.45, 2.75) is 50.1 Å². The topological polar surface area (TPSA) is 150 Å². The van der Waals surface area contributed by atoms with Crippen molar-refractivity contribution in [2.75, 3.05) is 30.3 Å². The molecule has 2 fully saturated rings. The predicted octanol–water partition coefficient (Wildman–Crippen LogP) is 2.89. The molecule has 3 heterocycles. The van der Waals surface area contributed by atoms with E-state index in [1.807, 2.05) is 0 Å². The Morgan fingerprint density at radius 1 is 1.11 bits per heavy atom. The van der Waals surface area contributed by atoms with E-state index in [0.717, 1.165) is 0 Å². The minimum Gasteiger partial charge on any atom is -0.463 e. The summed E-state index contributed by atoms with van der Waals surface area (Å²) in [6.45, 7) is 0.325. The van der Waals surface area contributed by atoms with Crippen molar-refractivity contribution in [1.29, 1.82) is 0 Å². The largest absolute Gasteiger partial charge is 0.463 e. The van der Waals surface area contributed by atoms with Gasteiger partial charge < -0.3 is 21.1 Å². The molecule has 4 N–H and O–H groups in total. The van der Waals surface area contributed by atoms with Crippen molar-refractivity contribution in [1.82, 2.24) is 19.9 Å². The van der Waals surface area contributed by atoms with E-state index in [-0.39, 0.29) is 29.7 Å². The molecule has 37 heavy (non-hydrogen) atoms. The summed E-state index contributed by atoms with van der Waals surface area (Å²) in [6, 6.07) is 2.84. The Balaban J connectivity index is 1.49. The lowest BCUT2D eigenvalue weighted by molar-refractivity contribution is -0.133. The summed E-state index contributed by atoms with van der Waals surface area (Å²) < 4.78 is 69.5. The summed E-state index contributed by atoms with van der Waals surface area (Å²) >= 11 is 0. The van der Waals surface area contributed by atoms with Gasteiger partial charge in [-0.2, -0.15) is 28.1 Å². The van der Waals surface area contributed by atoms with Crippen LogP contribution in [0.3, 0.4) is 0 Å². The number of nitrogen functional groups attached to an aromatic ring is 1. The highest BCUT2D eigenvalue weighted by molar-refractivity contribution is 5.95. The summed E-state index contributed by atoms with van der Waals surface area (Å²) in [6.07, 6.45) is -6.07. The van der Waals surface area contributed by atoms with Crippen LogP contribution in [0.1, 0.15) is 64.8 Å². The molecular formula is C22H24F5N7O3. The third-order valence-corrected chi connectivity index (χ3v) is 6.23. The number of Topliss-reactive ketones (excluding diaryl/α,β-unsaturated/α-hetero) is 1. The predicted molar refractivity (Wildman–Crippen MR) is 119 cm³/mol. The van der Waals surface area contributed by atoms with E-state index in [2.05, 4.69) is 19.9 Å². The average molecular weight is 529 g/mol. The lowest BCUT2D eigenvalue weighted by Crippen LogP contribution is -2.35. The van der Waals surface area contributed by atoms with E-state index in [1.54, 1.807) is 17.0 Å². The summed E-state index contributed by atoms with van der Waals surface area (Å²) in [5, 5.41) is 0. The van der Waals surface area contributed by atoms with Gasteiger partial charge in [0.2, 0.25) is 17.6 Å². The van der Waals surface area contributed by atoms with Crippen molar-refractivity contribution in [2.24, 2.45) is 11.7 Å². The fourth-order valence-corrected chi connectivity index (χ4v) is 3.95. The minimum atomic E-state index is -4.55. The number of rotatable bonds is 9. The molecule has 1 saturated carbocycles. The fraction of sp³-hybridized carbons (Fsp3) is 0.545. The lowest BCUT2D eigenvalue weighted by Gasteiger charge is -2.32. The molecule has 1 saturated heterocycles. The van der Waals surface area contributed by atoms with Crippen LogP contribution in [0.15, 0.2) is 12.1 Å². The average Bonchev–Trinajstić information content (AvgIpc) is 3.47. The maximum atomic E-state index is 13.2. The number of carbonyl (C=O) groups excluding carboxylic acids is 2. The number of ether oxygens (including phenoxy) is 1. The molecule has 0 spiro atoms. The number of alkyl halides is 5. The first kappa shape index (κ1) is 26.4. The first-order chi connectivity index (χ1) is 17.3. The Morgan fingerprint density at radius 2 is 1.78 bits per heavy atom. The van der Waals surface area contributed by atoms with Crippen LogP contribution in [0, 0.1) is 5.92 Å². The van der Waals surface area contributed by atoms with Crippen molar-refractivity contribution in [3.63, 3.8) is 0 Å². The first-order valence-corrected chi connectivity index (χ1v) is 11.5. The number of nitrogens with zero attached hydrogens (tertiary/aromatic N) is 5. The third kappa shape index (κ3) is 6.57. The highest BCUT2D eigenvalue weighted by Crippen LogP contribution is 2.48. The van der Waals surface area contributed by atoms with E-state index in [1.165, 1.54) is 0 Å². The molecule has 200 valence electrons. The quantitative estimate of drug-likeness (QED) is 0.369. The SMILES string of the molecule is NC(=O)c1nc(C2CCN(c3nc(OC[C@H]4CC4(F)F)nc(C(=O)CCC(F)(F)F)n3)CC2)ccc1N. The number of halogens is 5. The number of piperidine rings is 1. The Hall–Kier alpha value is -3.65. The zero-order valence-electron chi connectivity index (χ0n) is 19.5. The number of ketones is 1. The zero-order valence-corrected chi connectivity index (χ0v) is 19.5. The van der Waals surface area contributed by atoms with E-state index in [4.69, 9.17) is 16.2 Å². The molecule has 1 aliphatic carbocycles. The molecular weight excluding hydrogens is 505 g/mol. The van der Waals surface area contributed by atoms with Gasteiger partial charge in [0.25, 0.3) is 11.8 Å². The van der Waals surface area contributed by atoms with E-state index in [9.17, 15) is 31.5 Å². The van der Waals surface area contributed by atoms with Crippen LogP contribution in [0.5, 0.6) is 6.01 Å². The monoisotopic (exact) mass is 529 g/mol. The van der Waals surface area contributed by atoms with E-state index < -0.39 is 61.0 Å². The molecule has 0 bridgehead atoms. The van der Waals surface area contributed by atoms with Crippen LogP contribution in [0.4, 0.5) is 33.6 Å². The number of primary amides is 1. The number of hydrogen-bond acceptors (Lipinski definition) is 9. The van der Waals surface area contributed by atoms with Crippen molar-refractivity contribution >= 4 is 23.3 Å². The number of carbonyl (C=O) groups is 2. The highest BCUT2D eigenvalue weighted by Gasteiger charge is 2.57. The van der Waals surface area contributed by atoms with Gasteiger partial charge >= 0.3 is 12.2 Å². The molecule has 2 aliphatic rings. The third-order valence-electron chi connectivity index (χ3n) is 6.23. The maximum absolute atomic E-state index is 13.2. The highest BCUT2D eigenvalue weighted by atomic mass is 19.4. The summed E-state index contributed by atoms with van der Waals surface area (Å²) in [4.78, 5) is 41.8. The summed E-state index contributed by atoms with van der Waals surface area (Å²) in [5.41, 5.74) is 11.8. The number of anilines is 2. The maximum Gasteiger partial charge on any atom is 0.389 e. The Bertz CT molecular complexity index is 1190. The van der Waals surface area contributed by atoms with Gasteiger partial charge in [-0.05, 0) is 25.0 Å². The second-order valence-corrected chi connectivity index (χ2v) is 9.05. The van der Waals surface area contributed by atoms with Crippen LogP contribution in [0.2, 0.25) is 0 Å². The molecule has 1 amide bonds. The second-order valence-electron chi connectivity index (χ2n) is 9.05. The molecule has 15 heteroatoms. The number of amides is 1. The Morgan fingerprint density at radius 3 is 2.38 bits per heavy atom. The van der Waals surface area contributed by atoms with E-state index in [0.29, 0.717) is 31.6 Å². The normalized spacial score (nSPS) is 19.5.